The molecule has 0 bridgehead atoms. The molecule has 11 nitrogen and oxygen atoms in total. The lowest BCUT2D eigenvalue weighted by Gasteiger charge is -2.08. The highest BCUT2D eigenvalue weighted by atomic mass is 32.1. The van der Waals surface area contributed by atoms with Crippen molar-refractivity contribution < 1.29 is 31.9 Å². The summed E-state index contributed by atoms with van der Waals surface area (Å²) < 4.78 is 57.2. The van der Waals surface area contributed by atoms with Crippen molar-refractivity contribution in [3.05, 3.63) is 81.3 Å². The smallest absolute Gasteiger partial charge is 0.417 e. The van der Waals surface area contributed by atoms with Gasteiger partial charge in [-0.05, 0) is 42.2 Å². The van der Waals surface area contributed by atoms with Crippen molar-refractivity contribution >= 4 is 23.2 Å². The second kappa shape index (κ2) is 13.7. The van der Waals surface area contributed by atoms with E-state index in [1.165, 1.54) is 12.4 Å². The number of aryl methyl sites for hydroxylation is 2. The molecule has 0 aliphatic rings. The molecule has 4 aromatic rings. The highest BCUT2D eigenvalue weighted by Gasteiger charge is 2.31. The maximum absolute atomic E-state index is 12.8. The van der Waals surface area contributed by atoms with Crippen molar-refractivity contribution in [2.75, 3.05) is 6.86 Å². The largest absolute Gasteiger partial charge is 0.463 e. The molecule has 0 saturated carbocycles. The molecule has 2 amide bonds. The van der Waals surface area contributed by atoms with Gasteiger partial charge in [0.15, 0.2) is 5.69 Å². The van der Waals surface area contributed by atoms with Crippen LogP contribution in [0.4, 0.5) is 17.6 Å². The molecule has 0 spiro atoms. The molecule has 3 aromatic heterocycles. The number of alkyl halides is 4. The average Bonchev–Trinajstić information content (AvgIpc) is 3.63. The number of carbonyl (C=O) groups excluding carboxylic acids is 2. The van der Waals surface area contributed by atoms with Gasteiger partial charge in [0.2, 0.25) is 11.9 Å². The molecule has 0 unspecified atom stereocenters. The Morgan fingerprint density at radius 2 is 1.78 bits per heavy atom. The van der Waals surface area contributed by atoms with Crippen LogP contribution in [0.25, 0.3) is 0 Å². The van der Waals surface area contributed by atoms with E-state index < -0.39 is 30.4 Å². The number of unbranched alkanes of at least 4 members (excludes halogenated alkanes) is 1. The molecule has 0 aliphatic carbocycles. The van der Waals surface area contributed by atoms with Crippen LogP contribution in [0.15, 0.2) is 48.9 Å². The van der Waals surface area contributed by atoms with E-state index in [2.05, 4.69) is 36.1 Å². The topological polar surface area (TPSA) is 137 Å². The number of nitrogens with one attached hydrogen (secondary N) is 2. The minimum absolute atomic E-state index is 0.105. The normalized spacial score (nSPS) is 11.3. The van der Waals surface area contributed by atoms with Gasteiger partial charge in [-0.2, -0.15) is 13.2 Å². The lowest BCUT2D eigenvalue weighted by molar-refractivity contribution is -0.137. The van der Waals surface area contributed by atoms with Crippen molar-refractivity contribution in [1.82, 2.24) is 40.8 Å². The van der Waals surface area contributed by atoms with Gasteiger partial charge >= 0.3 is 6.18 Å². The first-order chi connectivity index (χ1) is 19.7. The van der Waals surface area contributed by atoms with Crippen molar-refractivity contribution in [2.45, 2.75) is 45.1 Å². The fourth-order valence-corrected chi connectivity index (χ4v) is 4.38. The molecule has 41 heavy (non-hydrogen) atoms. The van der Waals surface area contributed by atoms with E-state index in [9.17, 15) is 27.2 Å². The van der Waals surface area contributed by atoms with E-state index in [4.69, 9.17) is 4.74 Å². The number of benzene rings is 1. The molecular weight excluding hydrogens is 568 g/mol. The summed E-state index contributed by atoms with van der Waals surface area (Å²) >= 11 is 1.10. The zero-order chi connectivity index (χ0) is 29.2. The summed E-state index contributed by atoms with van der Waals surface area (Å²) in [5.41, 5.74) is 0.211. The molecule has 0 saturated heterocycles. The van der Waals surface area contributed by atoms with E-state index in [0.717, 1.165) is 29.2 Å². The van der Waals surface area contributed by atoms with Crippen molar-refractivity contribution in [2.24, 2.45) is 0 Å². The molecule has 16 heteroatoms. The Bertz CT molecular complexity index is 1480. The number of hydrogen-bond acceptors (Lipinski definition) is 9. The van der Waals surface area contributed by atoms with Crippen LogP contribution in [0, 0.1) is 0 Å². The van der Waals surface area contributed by atoms with E-state index in [1.54, 1.807) is 28.9 Å². The lowest BCUT2D eigenvalue weighted by Crippen LogP contribution is -2.23. The average molecular weight is 593 g/mol. The molecule has 3 heterocycles. The number of aromatic nitrogens is 6. The van der Waals surface area contributed by atoms with Gasteiger partial charge in [0.25, 0.3) is 11.8 Å². The van der Waals surface area contributed by atoms with E-state index in [1.807, 2.05) is 0 Å². The Hall–Kier alpha value is -4.47. The second-order valence-electron chi connectivity index (χ2n) is 8.67. The van der Waals surface area contributed by atoms with Gasteiger partial charge in [-0.1, -0.05) is 28.7 Å². The minimum Gasteiger partial charge on any atom is -0.463 e. The van der Waals surface area contributed by atoms with Gasteiger partial charge in [-0.3, -0.25) is 19.3 Å². The molecule has 0 aliphatic heterocycles. The minimum atomic E-state index is -4.52. The number of ether oxygens (including phenoxy) is 1. The number of pyridine rings is 1. The van der Waals surface area contributed by atoms with Crippen LogP contribution in [0.2, 0.25) is 0 Å². The maximum Gasteiger partial charge on any atom is 0.417 e. The fourth-order valence-electron chi connectivity index (χ4n) is 3.59. The van der Waals surface area contributed by atoms with Gasteiger partial charge in [0.1, 0.15) is 10.8 Å². The molecule has 1 aromatic carbocycles. The van der Waals surface area contributed by atoms with E-state index in [0.29, 0.717) is 36.6 Å². The Morgan fingerprint density at radius 1 is 0.976 bits per heavy atom. The van der Waals surface area contributed by atoms with Crippen molar-refractivity contribution in [3.8, 4) is 5.75 Å². The Labute approximate surface area is 235 Å². The van der Waals surface area contributed by atoms with Crippen LogP contribution in [-0.2, 0) is 32.2 Å². The summed E-state index contributed by atoms with van der Waals surface area (Å²) in [6.45, 7) is -0.365. The lowest BCUT2D eigenvalue weighted by atomic mass is 10.2. The second-order valence-corrected chi connectivity index (χ2v) is 9.73. The van der Waals surface area contributed by atoms with Crippen LogP contribution in [0.1, 0.15) is 54.8 Å². The molecule has 2 N–H and O–H groups in total. The standard InChI is InChI=1S/C25H24F4N8O3S/c26-15-40-19-5-3-4-16(9-19)11-31-22(38)20-14-37(36-33-20)7-2-1-6-21-34-35-24(41-21)23(39)32-12-17-8-18(13-30-10-17)25(27,28)29/h3-5,8-10,13-14H,1-2,6-7,11-12,15H2,(H,31,38)(H,32,39). The van der Waals surface area contributed by atoms with Crippen LogP contribution in [0.3, 0.4) is 0 Å². The summed E-state index contributed by atoms with van der Waals surface area (Å²) in [6, 6.07) is 7.64. The summed E-state index contributed by atoms with van der Waals surface area (Å²) in [7, 11) is 0. The van der Waals surface area contributed by atoms with E-state index in [-0.39, 0.29) is 29.4 Å². The number of halogens is 4. The summed E-state index contributed by atoms with van der Waals surface area (Å²) in [4.78, 5) is 28.3. The summed E-state index contributed by atoms with van der Waals surface area (Å²) in [5, 5.41) is 21.7. The predicted octanol–water partition coefficient (Wildman–Crippen LogP) is 3.73. The van der Waals surface area contributed by atoms with Gasteiger partial charge in [0, 0.05) is 38.4 Å². The third-order valence-electron chi connectivity index (χ3n) is 5.61. The molecule has 0 radical (unpaired) electrons. The SMILES string of the molecule is O=C(NCc1cccc(OCF)c1)c1cn(CCCCc2nnc(C(=O)NCc3cncc(C(F)(F)F)c3)s2)nn1. The molecule has 4 rings (SSSR count). The van der Waals surface area contributed by atoms with Crippen LogP contribution in [-0.4, -0.2) is 48.9 Å². The Kier molecular flexibility index (Phi) is 9.89. The van der Waals surface area contributed by atoms with Gasteiger partial charge in [-0.15, -0.1) is 15.3 Å². The predicted molar refractivity (Wildman–Crippen MR) is 137 cm³/mol. The van der Waals surface area contributed by atoms with Crippen LogP contribution < -0.4 is 15.4 Å². The van der Waals surface area contributed by atoms with Gasteiger partial charge in [-0.25, -0.2) is 4.39 Å². The van der Waals surface area contributed by atoms with Gasteiger partial charge in [0.05, 0.1) is 11.8 Å². The van der Waals surface area contributed by atoms with Crippen molar-refractivity contribution in [3.63, 3.8) is 0 Å². The molecular formula is C25H24F4N8O3S. The first-order valence-corrected chi connectivity index (χ1v) is 13.1. The third kappa shape index (κ3) is 8.76. The van der Waals surface area contributed by atoms with E-state index >= 15 is 0 Å². The van der Waals surface area contributed by atoms with Crippen molar-refractivity contribution in [1.29, 1.82) is 0 Å². The molecule has 216 valence electrons. The summed E-state index contributed by atoms with van der Waals surface area (Å²) in [6.07, 6.45) is 0.923. The van der Waals surface area contributed by atoms with Crippen LogP contribution >= 0.6 is 11.3 Å². The quantitative estimate of drug-likeness (QED) is 0.177. The Morgan fingerprint density at radius 3 is 2.59 bits per heavy atom. The zero-order valence-electron chi connectivity index (χ0n) is 21.4. The third-order valence-corrected chi connectivity index (χ3v) is 6.59. The van der Waals surface area contributed by atoms with Crippen LogP contribution in [0.5, 0.6) is 5.75 Å². The first-order valence-electron chi connectivity index (χ1n) is 12.3. The molecule has 0 atom stereocenters. The number of rotatable bonds is 13. The molecule has 0 fully saturated rings. The summed E-state index contributed by atoms with van der Waals surface area (Å²) in [5.74, 6) is -0.581. The Balaban J connectivity index is 1.17. The zero-order valence-corrected chi connectivity index (χ0v) is 22.2. The fraction of sp³-hybridized carbons (Fsp3) is 0.320. The first kappa shape index (κ1) is 29.5. The van der Waals surface area contributed by atoms with Gasteiger partial charge < -0.3 is 15.4 Å². The highest BCUT2D eigenvalue weighted by molar-refractivity contribution is 7.13. The number of amides is 2. The number of hydrogen-bond donors (Lipinski definition) is 2. The number of nitrogens with zero attached hydrogens (tertiary/aromatic N) is 6. The monoisotopic (exact) mass is 592 g/mol. The highest BCUT2D eigenvalue weighted by Crippen LogP contribution is 2.28. The maximum atomic E-state index is 12.8. The number of carbonyl (C=O) groups is 2.